The zero-order valence-corrected chi connectivity index (χ0v) is 12.7. The number of aromatic nitrogens is 2. The lowest BCUT2D eigenvalue weighted by Crippen LogP contribution is -2.22. The molecule has 1 heterocycles. The number of nitrogens with zero attached hydrogens (tertiary/aromatic N) is 2. The third kappa shape index (κ3) is 2.94. The van der Waals surface area contributed by atoms with Gasteiger partial charge in [-0.1, -0.05) is 24.6 Å². The molecule has 18 heavy (non-hydrogen) atoms. The fourth-order valence-electron chi connectivity index (χ4n) is 1.88. The number of nitrogens with one attached hydrogen (secondary N) is 1. The molecule has 2 aromatic rings. The van der Waals surface area contributed by atoms with Gasteiger partial charge in [0.1, 0.15) is 0 Å². The van der Waals surface area contributed by atoms with Crippen LogP contribution in [0.15, 0.2) is 34.9 Å². The molecule has 0 saturated heterocycles. The second kappa shape index (κ2) is 5.87. The van der Waals surface area contributed by atoms with Gasteiger partial charge in [0, 0.05) is 17.7 Å². The van der Waals surface area contributed by atoms with Gasteiger partial charge in [-0.15, -0.1) is 0 Å². The number of benzene rings is 1. The first-order valence-corrected chi connectivity index (χ1v) is 6.96. The highest BCUT2D eigenvalue weighted by Gasteiger charge is 2.16. The normalized spacial score (nSPS) is 12.7. The monoisotopic (exact) mass is 327 g/mol. The van der Waals surface area contributed by atoms with Gasteiger partial charge in [-0.2, -0.15) is 5.10 Å². The topological polar surface area (TPSA) is 29.9 Å². The Morgan fingerprint density at radius 1 is 1.44 bits per heavy atom. The molecule has 96 valence electrons. The fraction of sp³-hybridized carbons (Fsp3) is 0.308. The molecule has 0 spiro atoms. The second-order valence-electron chi connectivity index (χ2n) is 4.08. The summed E-state index contributed by atoms with van der Waals surface area (Å²) in [5, 5.41) is 8.60. The van der Waals surface area contributed by atoms with E-state index in [1.165, 1.54) is 0 Å². The number of hydrogen-bond acceptors (Lipinski definition) is 2. The summed E-state index contributed by atoms with van der Waals surface area (Å²) in [5.41, 5.74) is 2.11. The van der Waals surface area contributed by atoms with Crippen LogP contribution >= 0.6 is 27.5 Å². The SMILES string of the molecule is CCNC(c1ccc(Br)c(Cl)c1)c1ccn(C)n1. The van der Waals surface area contributed by atoms with Crippen LogP contribution in [0.1, 0.15) is 24.2 Å². The Kier molecular flexibility index (Phi) is 4.43. The van der Waals surface area contributed by atoms with Gasteiger partial charge in [0.15, 0.2) is 0 Å². The molecular weight excluding hydrogens is 314 g/mol. The Morgan fingerprint density at radius 2 is 2.22 bits per heavy atom. The van der Waals surface area contributed by atoms with Crippen LogP contribution < -0.4 is 5.32 Å². The van der Waals surface area contributed by atoms with Gasteiger partial charge in [0.05, 0.1) is 16.8 Å². The van der Waals surface area contributed by atoms with Crippen LogP contribution in [0.2, 0.25) is 5.02 Å². The van der Waals surface area contributed by atoms with Crippen molar-refractivity contribution in [2.45, 2.75) is 13.0 Å². The Morgan fingerprint density at radius 3 is 2.78 bits per heavy atom. The molecular formula is C13H15BrClN3. The molecule has 0 aliphatic rings. The standard InChI is InChI=1S/C13H15BrClN3/c1-3-16-13(12-6-7-18(2)17-12)9-4-5-10(14)11(15)8-9/h4-8,13,16H,3H2,1-2H3. The molecule has 0 amide bonds. The van der Waals surface area contributed by atoms with Crippen molar-refractivity contribution in [2.24, 2.45) is 7.05 Å². The summed E-state index contributed by atoms with van der Waals surface area (Å²) in [6, 6.07) is 8.07. The van der Waals surface area contributed by atoms with Crippen molar-refractivity contribution < 1.29 is 0 Å². The summed E-state index contributed by atoms with van der Waals surface area (Å²) in [7, 11) is 1.92. The largest absolute Gasteiger partial charge is 0.305 e. The van der Waals surface area contributed by atoms with Crippen molar-refractivity contribution in [3.63, 3.8) is 0 Å². The first kappa shape index (κ1) is 13.6. The molecule has 0 fully saturated rings. The number of halogens is 2. The van der Waals surface area contributed by atoms with Crippen LogP contribution in [-0.2, 0) is 7.05 Å². The highest BCUT2D eigenvalue weighted by atomic mass is 79.9. The average Bonchev–Trinajstić information content (AvgIpc) is 2.76. The summed E-state index contributed by atoms with van der Waals surface area (Å²) in [6.07, 6.45) is 1.94. The number of hydrogen-bond donors (Lipinski definition) is 1. The molecule has 1 aromatic heterocycles. The van der Waals surface area contributed by atoms with E-state index in [0.29, 0.717) is 5.02 Å². The minimum absolute atomic E-state index is 0.0711. The number of aryl methyl sites for hydroxylation is 1. The molecule has 2 rings (SSSR count). The Labute approximate surface area is 120 Å². The van der Waals surface area contributed by atoms with E-state index in [9.17, 15) is 0 Å². The van der Waals surface area contributed by atoms with Gasteiger partial charge in [-0.05, 0) is 46.2 Å². The van der Waals surface area contributed by atoms with E-state index in [4.69, 9.17) is 11.6 Å². The molecule has 3 nitrogen and oxygen atoms in total. The van der Waals surface area contributed by atoms with Gasteiger partial charge in [-0.3, -0.25) is 4.68 Å². The van der Waals surface area contributed by atoms with Crippen molar-refractivity contribution in [3.8, 4) is 0 Å². The molecule has 5 heteroatoms. The summed E-state index contributed by atoms with van der Waals surface area (Å²) >= 11 is 9.56. The van der Waals surface area contributed by atoms with Crippen LogP contribution in [-0.4, -0.2) is 16.3 Å². The lowest BCUT2D eigenvalue weighted by Gasteiger charge is -2.16. The van der Waals surface area contributed by atoms with E-state index >= 15 is 0 Å². The van der Waals surface area contributed by atoms with E-state index in [0.717, 1.165) is 22.3 Å². The first-order valence-electron chi connectivity index (χ1n) is 5.79. The molecule has 0 aliphatic carbocycles. The van der Waals surface area contributed by atoms with Gasteiger partial charge in [0.2, 0.25) is 0 Å². The second-order valence-corrected chi connectivity index (χ2v) is 5.34. The molecule has 1 aromatic carbocycles. The predicted octanol–water partition coefficient (Wildman–Crippen LogP) is 3.53. The quantitative estimate of drug-likeness (QED) is 0.930. The van der Waals surface area contributed by atoms with Crippen LogP contribution in [0.3, 0.4) is 0 Å². The molecule has 0 bridgehead atoms. The van der Waals surface area contributed by atoms with Crippen LogP contribution in [0.4, 0.5) is 0 Å². The van der Waals surface area contributed by atoms with Gasteiger partial charge in [-0.25, -0.2) is 0 Å². The molecule has 1 N–H and O–H groups in total. The predicted molar refractivity (Wildman–Crippen MR) is 77.9 cm³/mol. The highest BCUT2D eigenvalue weighted by Crippen LogP contribution is 2.28. The third-order valence-corrected chi connectivity index (χ3v) is 3.95. The van der Waals surface area contributed by atoms with E-state index in [1.54, 1.807) is 4.68 Å². The molecule has 0 saturated carbocycles. The van der Waals surface area contributed by atoms with Crippen LogP contribution in [0.25, 0.3) is 0 Å². The molecule has 1 atom stereocenters. The van der Waals surface area contributed by atoms with E-state index in [1.807, 2.05) is 31.4 Å². The maximum Gasteiger partial charge on any atom is 0.0839 e. The van der Waals surface area contributed by atoms with Crippen LogP contribution in [0.5, 0.6) is 0 Å². The summed E-state index contributed by atoms with van der Waals surface area (Å²) in [5.74, 6) is 0. The third-order valence-electron chi connectivity index (χ3n) is 2.72. The summed E-state index contributed by atoms with van der Waals surface area (Å²) in [6.45, 7) is 2.95. The maximum absolute atomic E-state index is 6.15. The summed E-state index contributed by atoms with van der Waals surface area (Å²) in [4.78, 5) is 0. The fourth-order valence-corrected chi connectivity index (χ4v) is 2.31. The maximum atomic E-state index is 6.15. The van der Waals surface area contributed by atoms with Crippen molar-refractivity contribution in [1.82, 2.24) is 15.1 Å². The van der Waals surface area contributed by atoms with Crippen molar-refractivity contribution in [2.75, 3.05) is 6.54 Å². The summed E-state index contributed by atoms with van der Waals surface area (Å²) < 4.78 is 2.71. The van der Waals surface area contributed by atoms with Gasteiger partial charge >= 0.3 is 0 Å². The number of rotatable bonds is 4. The molecule has 1 unspecified atom stereocenters. The van der Waals surface area contributed by atoms with E-state index in [2.05, 4.69) is 39.3 Å². The lowest BCUT2D eigenvalue weighted by molar-refractivity contribution is 0.600. The average molecular weight is 329 g/mol. The highest BCUT2D eigenvalue weighted by molar-refractivity contribution is 9.10. The minimum Gasteiger partial charge on any atom is -0.305 e. The molecule has 0 aliphatic heterocycles. The first-order chi connectivity index (χ1) is 8.61. The van der Waals surface area contributed by atoms with Crippen LogP contribution in [0, 0.1) is 0 Å². The zero-order valence-electron chi connectivity index (χ0n) is 10.3. The van der Waals surface area contributed by atoms with Gasteiger partial charge in [0.25, 0.3) is 0 Å². The Hall–Kier alpha value is -0.840. The van der Waals surface area contributed by atoms with Crippen molar-refractivity contribution in [3.05, 3.63) is 51.2 Å². The smallest absolute Gasteiger partial charge is 0.0839 e. The van der Waals surface area contributed by atoms with E-state index in [-0.39, 0.29) is 6.04 Å². The zero-order chi connectivity index (χ0) is 13.1. The van der Waals surface area contributed by atoms with E-state index < -0.39 is 0 Å². The van der Waals surface area contributed by atoms with Crippen molar-refractivity contribution in [1.29, 1.82) is 0 Å². The lowest BCUT2D eigenvalue weighted by atomic mass is 10.0. The minimum atomic E-state index is 0.0711. The Balaban J connectivity index is 2.37. The van der Waals surface area contributed by atoms with Gasteiger partial charge < -0.3 is 5.32 Å². The Bertz CT molecular complexity index is 539. The van der Waals surface area contributed by atoms with Crippen molar-refractivity contribution >= 4 is 27.5 Å². The molecule has 0 radical (unpaired) electrons.